The summed E-state index contributed by atoms with van der Waals surface area (Å²) in [6.07, 6.45) is 0. The highest BCUT2D eigenvalue weighted by molar-refractivity contribution is 5.80. The van der Waals surface area contributed by atoms with Gasteiger partial charge in [-0.3, -0.25) is 4.79 Å². The van der Waals surface area contributed by atoms with E-state index in [1.54, 1.807) is 6.92 Å². The molecule has 0 fully saturated rings. The molecule has 0 rings (SSSR count). The molecule has 0 aromatic rings. The molecule has 4 nitrogen and oxygen atoms in total. The van der Waals surface area contributed by atoms with Crippen LogP contribution < -0.4 is 11.1 Å². The molecule has 1 atom stereocenters. The summed E-state index contributed by atoms with van der Waals surface area (Å²) >= 11 is 0. The van der Waals surface area contributed by atoms with E-state index in [2.05, 4.69) is 24.1 Å². The second-order valence-electron chi connectivity index (χ2n) is 4.91. The summed E-state index contributed by atoms with van der Waals surface area (Å²) in [5.41, 5.74) is 5.52. The number of amides is 1. The van der Waals surface area contributed by atoms with Crippen LogP contribution in [0.1, 0.15) is 20.8 Å². The molecule has 0 heterocycles. The van der Waals surface area contributed by atoms with E-state index in [1.807, 2.05) is 14.1 Å². The van der Waals surface area contributed by atoms with E-state index >= 15 is 0 Å². The van der Waals surface area contributed by atoms with Crippen molar-refractivity contribution in [2.75, 3.05) is 27.2 Å². The first-order valence-electron chi connectivity index (χ1n) is 4.92. The third kappa shape index (κ3) is 5.94. The van der Waals surface area contributed by atoms with E-state index in [-0.39, 0.29) is 11.3 Å². The Morgan fingerprint density at radius 1 is 1.50 bits per heavy atom. The maximum Gasteiger partial charge on any atom is 0.236 e. The summed E-state index contributed by atoms with van der Waals surface area (Å²) in [7, 11) is 4.05. The van der Waals surface area contributed by atoms with Gasteiger partial charge >= 0.3 is 0 Å². The summed E-state index contributed by atoms with van der Waals surface area (Å²) in [6, 6.07) is -0.426. The fraction of sp³-hybridized carbons (Fsp3) is 0.900. The van der Waals surface area contributed by atoms with Crippen molar-refractivity contribution in [1.29, 1.82) is 0 Å². The predicted octanol–water partition coefficient (Wildman–Crippen LogP) is 0.0376. The van der Waals surface area contributed by atoms with Crippen molar-refractivity contribution < 1.29 is 4.79 Å². The molecule has 0 spiro atoms. The summed E-state index contributed by atoms with van der Waals surface area (Å²) in [5.74, 6) is -0.0863. The Labute approximate surface area is 86.8 Å². The van der Waals surface area contributed by atoms with E-state index in [0.717, 1.165) is 6.54 Å². The normalized spacial score (nSPS) is 14.2. The Balaban J connectivity index is 3.92. The van der Waals surface area contributed by atoms with Crippen LogP contribution in [0.2, 0.25) is 0 Å². The van der Waals surface area contributed by atoms with Gasteiger partial charge in [0.2, 0.25) is 5.91 Å². The second kappa shape index (κ2) is 5.32. The van der Waals surface area contributed by atoms with Crippen LogP contribution in [-0.2, 0) is 4.79 Å². The molecule has 0 aromatic carbocycles. The fourth-order valence-corrected chi connectivity index (χ4v) is 1.40. The smallest absolute Gasteiger partial charge is 0.236 e. The quantitative estimate of drug-likeness (QED) is 0.660. The minimum absolute atomic E-state index is 0.0774. The highest BCUT2D eigenvalue weighted by atomic mass is 16.2. The fourth-order valence-electron chi connectivity index (χ4n) is 1.40. The molecule has 0 aliphatic rings. The largest absolute Gasteiger partial charge is 0.354 e. The number of hydrogen-bond acceptors (Lipinski definition) is 3. The van der Waals surface area contributed by atoms with Crippen LogP contribution >= 0.6 is 0 Å². The van der Waals surface area contributed by atoms with E-state index in [1.165, 1.54) is 0 Å². The highest BCUT2D eigenvalue weighted by Crippen LogP contribution is 2.13. The average molecular weight is 201 g/mol. The monoisotopic (exact) mass is 201 g/mol. The van der Waals surface area contributed by atoms with Crippen LogP contribution in [0.15, 0.2) is 0 Å². The van der Waals surface area contributed by atoms with Crippen molar-refractivity contribution in [2.45, 2.75) is 26.8 Å². The minimum atomic E-state index is -0.426. The van der Waals surface area contributed by atoms with Crippen LogP contribution in [-0.4, -0.2) is 44.0 Å². The molecule has 0 radical (unpaired) electrons. The lowest BCUT2D eigenvalue weighted by molar-refractivity contribution is -0.122. The third-order valence-corrected chi connectivity index (χ3v) is 1.90. The number of hydrogen-bond donors (Lipinski definition) is 2. The lowest BCUT2D eigenvalue weighted by Crippen LogP contribution is -2.45. The third-order valence-electron chi connectivity index (χ3n) is 1.90. The molecule has 0 bridgehead atoms. The van der Waals surface area contributed by atoms with E-state index in [4.69, 9.17) is 5.73 Å². The Morgan fingerprint density at radius 2 is 2.00 bits per heavy atom. The van der Waals surface area contributed by atoms with Crippen LogP contribution in [0, 0.1) is 5.41 Å². The van der Waals surface area contributed by atoms with Crippen molar-refractivity contribution in [3.05, 3.63) is 0 Å². The summed E-state index contributed by atoms with van der Waals surface area (Å²) in [5, 5.41) is 2.84. The SMILES string of the molecule is C[C@H](N)C(=O)NCC(C)(C)CN(C)C. The molecule has 0 unspecified atom stereocenters. The maximum absolute atomic E-state index is 11.2. The number of nitrogens with zero attached hydrogens (tertiary/aromatic N) is 1. The van der Waals surface area contributed by atoms with Gasteiger partial charge < -0.3 is 16.0 Å². The van der Waals surface area contributed by atoms with E-state index in [9.17, 15) is 4.79 Å². The first kappa shape index (κ1) is 13.4. The van der Waals surface area contributed by atoms with Crippen molar-refractivity contribution >= 4 is 5.91 Å². The lowest BCUT2D eigenvalue weighted by atomic mass is 9.93. The summed E-state index contributed by atoms with van der Waals surface area (Å²) in [4.78, 5) is 13.3. The average Bonchev–Trinajstić information content (AvgIpc) is 1.97. The zero-order valence-corrected chi connectivity index (χ0v) is 9.92. The molecule has 0 aromatic heterocycles. The van der Waals surface area contributed by atoms with Crippen LogP contribution in [0.3, 0.4) is 0 Å². The van der Waals surface area contributed by atoms with Crippen molar-refractivity contribution in [3.8, 4) is 0 Å². The van der Waals surface area contributed by atoms with Gasteiger partial charge in [-0.1, -0.05) is 13.8 Å². The number of carbonyl (C=O) groups is 1. The zero-order chi connectivity index (χ0) is 11.4. The zero-order valence-electron chi connectivity index (χ0n) is 9.92. The van der Waals surface area contributed by atoms with Crippen LogP contribution in [0.5, 0.6) is 0 Å². The minimum Gasteiger partial charge on any atom is -0.354 e. The van der Waals surface area contributed by atoms with Crippen LogP contribution in [0.4, 0.5) is 0 Å². The van der Waals surface area contributed by atoms with Gasteiger partial charge in [0.1, 0.15) is 0 Å². The number of rotatable bonds is 5. The Hall–Kier alpha value is -0.610. The van der Waals surface area contributed by atoms with Crippen molar-refractivity contribution in [2.24, 2.45) is 11.1 Å². The maximum atomic E-state index is 11.2. The molecule has 14 heavy (non-hydrogen) atoms. The molecule has 3 N–H and O–H groups in total. The first-order chi connectivity index (χ1) is 6.24. The molecule has 4 heteroatoms. The summed E-state index contributed by atoms with van der Waals surface area (Å²) < 4.78 is 0. The van der Waals surface area contributed by atoms with Gasteiger partial charge in [0.25, 0.3) is 0 Å². The molecular formula is C10H23N3O. The van der Waals surface area contributed by atoms with Crippen molar-refractivity contribution in [1.82, 2.24) is 10.2 Å². The van der Waals surface area contributed by atoms with Crippen LogP contribution in [0.25, 0.3) is 0 Å². The number of carbonyl (C=O) groups excluding carboxylic acids is 1. The highest BCUT2D eigenvalue weighted by Gasteiger charge is 2.20. The topological polar surface area (TPSA) is 58.4 Å². The second-order valence-corrected chi connectivity index (χ2v) is 4.91. The molecule has 0 saturated carbocycles. The molecule has 1 amide bonds. The molecule has 0 aliphatic carbocycles. The Bertz CT molecular complexity index is 188. The molecule has 0 saturated heterocycles. The summed E-state index contributed by atoms with van der Waals surface area (Å²) in [6.45, 7) is 7.52. The van der Waals surface area contributed by atoms with E-state index in [0.29, 0.717) is 6.54 Å². The van der Waals surface area contributed by atoms with Gasteiger partial charge in [-0.15, -0.1) is 0 Å². The van der Waals surface area contributed by atoms with Gasteiger partial charge in [-0.05, 0) is 26.4 Å². The first-order valence-corrected chi connectivity index (χ1v) is 4.92. The molecular weight excluding hydrogens is 178 g/mol. The van der Waals surface area contributed by atoms with Gasteiger partial charge in [0.05, 0.1) is 6.04 Å². The Kier molecular flexibility index (Phi) is 5.08. The van der Waals surface area contributed by atoms with E-state index < -0.39 is 6.04 Å². The van der Waals surface area contributed by atoms with Crippen molar-refractivity contribution in [3.63, 3.8) is 0 Å². The standard InChI is InChI=1S/C10H23N3O/c1-8(11)9(14)12-6-10(2,3)7-13(4)5/h8H,6-7,11H2,1-5H3,(H,12,14)/t8-/m0/s1. The lowest BCUT2D eigenvalue weighted by Gasteiger charge is -2.28. The van der Waals surface area contributed by atoms with Gasteiger partial charge in [-0.2, -0.15) is 0 Å². The molecule has 0 aliphatic heterocycles. The predicted molar refractivity (Wildman–Crippen MR) is 59.0 cm³/mol. The molecule has 84 valence electrons. The van der Waals surface area contributed by atoms with Gasteiger partial charge in [0.15, 0.2) is 0 Å². The number of nitrogens with two attached hydrogens (primary N) is 1. The van der Waals surface area contributed by atoms with Gasteiger partial charge in [-0.25, -0.2) is 0 Å². The Morgan fingerprint density at radius 3 is 2.36 bits per heavy atom. The number of nitrogens with one attached hydrogen (secondary N) is 1. The van der Waals surface area contributed by atoms with Gasteiger partial charge in [0, 0.05) is 13.1 Å².